The maximum absolute atomic E-state index is 13.0. The summed E-state index contributed by atoms with van der Waals surface area (Å²) in [6.45, 7) is 2.00. The fourth-order valence-corrected chi connectivity index (χ4v) is 4.21. The van der Waals surface area contributed by atoms with Crippen molar-refractivity contribution in [2.45, 2.75) is 11.8 Å². The second-order valence-electron chi connectivity index (χ2n) is 7.32. The maximum atomic E-state index is 13.0. The molecule has 5 nitrogen and oxygen atoms in total. The quantitative estimate of drug-likeness (QED) is 0.400. The molecule has 0 saturated carbocycles. The van der Waals surface area contributed by atoms with E-state index < -0.39 is 0 Å². The van der Waals surface area contributed by atoms with Crippen molar-refractivity contribution in [2.75, 3.05) is 16.4 Å². The highest BCUT2D eigenvalue weighted by Gasteiger charge is 2.15. The summed E-state index contributed by atoms with van der Waals surface area (Å²) in [5, 5.41) is 6.90. The van der Waals surface area contributed by atoms with Crippen LogP contribution in [-0.4, -0.2) is 22.1 Å². The van der Waals surface area contributed by atoms with Gasteiger partial charge in [-0.25, -0.2) is 0 Å². The predicted molar refractivity (Wildman–Crippen MR) is 128 cm³/mol. The largest absolute Gasteiger partial charge is 0.350 e. The smallest absolute Gasteiger partial charge is 0.256 e. The standard InChI is InChI=1S/C25H23N3O2S/c1-17-10-12-18(13-11-17)26-24(29)16-31-23-9-4-3-6-20(23)25(30)27-21-7-5-8-22-19(21)14-15-28(22)2/h3-15H,16H2,1-2H3,(H,26,29)(H,27,30). The minimum Gasteiger partial charge on any atom is -0.350 e. The summed E-state index contributed by atoms with van der Waals surface area (Å²) in [6.07, 6.45) is 1.97. The Morgan fingerprint density at radius 1 is 0.903 bits per heavy atom. The molecule has 31 heavy (non-hydrogen) atoms. The number of carbonyl (C=O) groups excluding carboxylic acids is 2. The van der Waals surface area contributed by atoms with Gasteiger partial charge >= 0.3 is 0 Å². The zero-order chi connectivity index (χ0) is 21.8. The van der Waals surface area contributed by atoms with Crippen LogP contribution < -0.4 is 10.6 Å². The Morgan fingerprint density at radius 2 is 1.68 bits per heavy atom. The number of thioether (sulfide) groups is 1. The van der Waals surface area contributed by atoms with Gasteiger partial charge in [-0.3, -0.25) is 9.59 Å². The van der Waals surface area contributed by atoms with Crippen molar-refractivity contribution in [3.05, 3.63) is 90.1 Å². The molecule has 0 unspecified atom stereocenters. The molecule has 0 aliphatic heterocycles. The van der Waals surface area contributed by atoms with Gasteiger partial charge in [0.15, 0.2) is 0 Å². The molecule has 0 bridgehead atoms. The van der Waals surface area contributed by atoms with Crippen molar-refractivity contribution in [1.82, 2.24) is 4.57 Å². The molecule has 0 aliphatic rings. The van der Waals surface area contributed by atoms with Crippen LogP contribution in [0.4, 0.5) is 11.4 Å². The van der Waals surface area contributed by atoms with Crippen LogP contribution in [0.5, 0.6) is 0 Å². The molecular weight excluding hydrogens is 406 g/mol. The first-order chi connectivity index (χ1) is 15.0. The third-order valence-electron chi connectivity index (χ3n) is 5.00. The van der Waals surface area contributed by atoms with E-state index in [9.17, 15) is 9.59 Å². The molecule has 0 aliphatic carbocycles. The molecule has 4 rings (SSSR count). The van der Waals surface area contributed by atoms with Crippen molar-refractivity contribution < 1.29 is 9.59 Å². The van der Waals surface area contributed by atoms with Gasteiger partial charge in [-0.05, 0) is 49.4 Å². The van der Waals surface area contributed by atoms with Crippen LogP contribution in [-0.2, 0) is 11.8 Å². The van der Waals surface area contributed by atoms with Gasteiger partial charge in [0.25, 0.3) is 5.91 Å². The molecule has 4 aromatic rings. The van der Waals surface area contributed by atoms with Crippen LogP contribution in [0.1, 0.15) is 15.9 Å². The van der Waals surface area contributed by atoms with E-state index in [1.807, 2.05) is 91.5 Å². The number of anilines is 2. The zero-order valence-electron chi connectivity index (χ0n) is 17.4. The van der Waals surface area contributed by atoms with Crippen LogP contribution in [0.25, 0.3) is 10.9 Å². The number of hydrogen-bond acceptors (Lipinski definition) is 3. The number of rotatable bonds is 6. The van der Waals surface area contributed by atoms with Crippen LogP contribution in [0.15, 0.2) is 83.9 Å². The van der Waals surface area contributed by atoms with Crippen molar-refractivity contribution in [1.29, 1.82) is 0 Å². The molecule has 0 saturated heterocycles. The van der Waals surface area contributed by atoms with Crippen molar-refractivity contribution in [2.24, 2.45) is 7.05 Å². The highest BCUT2D eigenvalue weighted by Crippen LogP contribution is 2.27. The number of carbonyl (C=O) groups is 2. The number of hydrogen-bond donors (Lipinski definition) is 2. The summed E-state index contributed by atoms with van der Waals surface area (Å²) in [7, 11) is 1.97. The molecule has 6 heteroatoms. The number of benzene rings is 3. The summed E-state index contributed by atoms with van der Waals surface area (Å²) < 4.78 is 2.02. The molecular formula is C25H23N3O2S. The van der Waals surface area contributed by atoms with Crippen molar-refractivity contribution in [3.8, 4) is 0 Å². The molecule has 0 fully saturated rings. The predicted octanol–water partition coefficient (Wildman–Crippen LogP) is 5.47. The highest BCUT2D eigenvalue weighted by atomic mass is 32.2. The number of amides is 2. The van der Waals surface area contributed by atoms with Gasteiger partial charge in [-0.1, -0.05) is 35.9 Å². The maximum Gasteiger partial charge on any atom is 0.256 e. The number of nitrogens with zero attached hydrogens (tertiary/aromatic N) is 1. The Labute approximate surface area is 185 Å². The molecule has 1 heterocycles. The normalized spacial score (nSPS) is 10.8. The third-order valence-corrected chi connectivity index (χ3v) is 6.08. The molecule has 2 N–H and O–H groups in total. The van der Waals surface area contributed by atoms with E-state index in [0.717, 1.165) is 32.7 Å². The second kappa shape index (κ2) is 9.10. The van der Waals surface area contributed by atoms with Crippen LogP contribution in [0.2, 0.25) is 0 Å². The molecule has 3 aromatic carbocycles. The number of aromatic nitrogens is 1. The number of aryl methyl sites for hydroxylation is 2. The molecule has 0 spiro atoms. The van der Waals surface area contributed by atoms with E-state index in [2.05, 4.69) is 10.6 Å². The minimum absolute atomic E-state index is 0.113. The topological polar surface area (TPSA) is 63.1 Å². The lowest BCUT2D eigenvalue weighted by Crippen LogP contribution is -2.16. The second-order valence-corrected chi connectivity index (χ2v) is 8.34. The van der Waals surface area contributed by atoms with Gasteiger partial charge in [0.1, 0.15) is 0 Å². The fourth-order valence-electron chi connectivity index (χ4n) is 3.36. The Hall–Kier alpha value is -3.51. The Balaban J connectivity index is 1.45. The van der Waals surface area contributed by atoms with E-state index >= 15 is 0 Å². The van der Waals surface area contributed by atoms with Crippen molar-refractivity contribution in [3.63, 3.8) is 0 Å². The zero-order valence-corrected chi connectivity index (χ0v) is 18.2. The first-order valence-electron chi connectivity index (χ1n) is 9.95. The van der Waals surface area contributed by atoms with E-state index in [0.29, 0.717) is 5.56 Å². The Morgan fingerprint density at radius 3 is 2.48 bits per heavy atom. The summed E-state index contributed by atoms with van der Waals surface area (Å²) >= 11 is 1.35. The van der Waals surface area contributed by atoms with Gasteiger partial charge in [-0.15, -0.1) is 11.8 Å². The van der Waals surface area contributed by atoms with E-state index in [4.69, 9.17) is 0 Å². The Kier molecular flexibility index (Phi) is 6.09. The number of nitrogens with one attached hydrogen (secondary N) is 2. The molecule has 156 valence electrons. The molecule has 2 amide bonds. The van der Waals surface area contributed by atoms with Gasteiger partial charge in [0, 0.05) is 34.7 Å². The van der Waals surface area contributed by atoms with Gasteiger partial charge in [0.2, 0.25) is 5.91 Å². The van der Waals surface area contributed by atoms with Gasteiger partial charge < -0.3 is 15.2 Å². The summed E-state index contributed by atoms with van der Waals surface area (Å²) in [6, 6.07) is 22.8. The molecule has 0 atom stereocenters. The minimum atomic E-state index is -0.196. The van der Waals surface area contributed by atoms with Crippen LogP contribution >= 0.6 is 11.8 Å². The first-order valence-corrected chi connectivity index (χ1v) is 10.9. The fraction of sp³-hybridized carbons (Fsp3) is 0.120. The lowest BCUT2D eigenvalue weighted by atomic mass is 10.1. The van der Waals surface area contributed by atoms with E-state index in [1.165, 1.54) is 11.8 Å². The third kappa shape index (κ3) is 4.81. The van der Waals surface area contributed by atoms with Gasteiger partial charge in [0.05, 0.1) is 17.0 Å². The summed E-state index contributed by atoms with van der Waals surface area (Å²) in [4.78, 5) is 26.1. The lowest BCUT2D eigenvalue weighted by molar-refractivity contribution is -0.113. The van der Waals surface area contributed by atoms with Crippen LogP contribution in [0, 0.1) is 6.92 Å². The summed E-state index contributed by atoms with van der Waals surface area (Å²) in [5.41, 5.74) is 4.26. The van der Waals surface area contributed by atoms with Gasteiger partial charge in [-0.2, -0.15) is 0 Å². The average Bonchev–Trinajstić information content (AvgIpc) is 3.16. The van der Waals surface area contributed by atoms with Crippen LogP contribution in [0.3, 0.4) is 0 Å². The van der Waals surface area contributed by atoms with E-state index in [1.54, 1.807) is 6.07 Å². The monoisotopic (exact) mass is 429 g/mol. The highest BCUT2D eigenvalue weighted by molar-refractivity contribution is 8.00. The Bertz CT molecular complexity index is 1250. The number of fused-ring (bicyclic) bond motifs is 1. The average molecular weight is 430 g/mol. The SMILES string of the molecule is Cc1ccc(NC(=O)CSc2ccccc2C(=O)Nc2cccc3c2ccn3C)cc1. The first kappa shape index (κ1) is 20.8. The molecule has 1 aromatic heterocycles. The van der Waals surface area contributed by atoms with E-state index in [-0.39, 0.29) is 17.6 Å². The molecule has 0 radical (unpaired) electrons. The lowest BCUT2D eigenvalue weighted by Gasteiger charge is -2.11. The van der Waals surface area contributed by atoms with Crippen molar-refractivity contribution >= 4 is 45.9 Å². The summed E-state index contributed by atoms with van der Waals surface area (Å²) in [5.74, 6) is -0.0941.